The molecule has 1 aromatic rings. The van der Waals surface area contributed by atoms with Crippen LogP contribution in [-0.2, 0) is 4.79 Å². The lowest BCUT2D eigenvalue weighted by atomic mass is 10.2. The fourth-order valence-corrected chi connectivity index (χ4v) is 0.996. The number of nitrogens with one attached hydrogen (secondary N) is 1. The van der Waals surface area contributed by atoms with E-state index < -0.39 is 12.1 Å². The highest BCUT2D eigenvalue weighted by molar-refractivity contribution is 5.94. The Labute approximate surface area is 113 Å². The zero-order valence-corrected chi connectivity index (χ0v) is 10.5. The second-order valence-electron chi connectivity index (χ2n) is 3.57. The van der Waals surface area contributed by atoms with Crippen molar-refractivity contribution in [2.75, 3.05) is 13.1 Å². The summed E-state index contributed by atoms with van der Waals surface area (Å²) in [6.45, 7) is 1.25. The van der Waals surface area contributed by atoms with Gasteiger partial charge in [-0.1, -0.05) is 18.2 Å². The standard InChI is InChI=1S/C10H14N2O.C2HF3O2/c11-7-4-8-12-10(13)9-5-2-1-3-6-9;3-2(4,5)1(6)7/h1-3,5-6H,4,7-8,11H2,(H,12,13);(H,6,7). The number of halogens is 3. The van der Waals surface area contributed by atoms with Gasteiger partial charge in [0.15, 0.2) is 0 Å². The largest absolute Gasteiger partial charge is 0.490 e. The summed E-state index contributed by atoms with van der Waals surface area (Å²) in [6, 6.07) is 9.15. The van der Waals surface area contributed by atoms with Gasteiger partial charge in [0, 0.05) is 12.1 Å². The van der Waals surface area contributed by atoms with Crippen molar-refractivity contribution in [2.24, 2.45) is 5.73 Å². The predicted molar refractivity (Wildman–Crippen MR) is 66.1 cm³/mol. The SMILES string of the molecule is NCCCNC(=O)c1ccccc1.O=C(O)C(F)(F)F. The van der Waals surface area contributed by atoms with Crippen molar-refractivity contribution in [3.63, 3.8) is 0 Å². The second-order valence-corrected chi connectivity index (χ2v) is 3.57. The molecule has 0 saturated carbocycles. The number of carboxylic acid groups (broad SMARTS) is 1. The number of carbonyl (C=O) groups is 2. The van der Waals surface area contributed by atoms with Crippen molar-refractivity contribution in [1.82, 2.24) is 5.32 Å². The number of rotatable bonds is 4. The van der Waals surface area contributed by atoms with Crippen LogP contribution in [0.15, 0.2) is 30.3 Å². The molecule has 8 heteroatoms. The molecule has 1 amide bonds. The van der Waals surface area contributed by atoms with E-state index in [-0.39, 0.29) is 5.91 Å². The van der Waals surface area contributed by atoms with E-state index in [4.69, 9.17) is 15.6 Å². The van der Waals surface area contributed by atoms with E-state index in [0.717, 1.165) is 6.42 Å². The Hall–Kier alpha value is -2.09. The normalized spacial score (nSPS) is 10.2. The van der Waals surface area contributed by atoms with E-state index in [1.165, 1.54) is 0 Å². The summed E-state index contributed by atoms with van der Waals surface area (Å²) in [5, 5.41) is 9.91. The van der Waals surface area contributed by atoms with E-state index >= 15 is 0 Å². The minimum Gasteiger partial charge on any atom is -0.475 e. The summed E-state index contributed by atoms with van der Waals surface area (Å²) in [4.78, 5) is 20.3. The summed E-state index contributed by atoms with van der Waals surface area (Å²) in [5.74, 6) is -2.79. The molecule has 0 spiro atoms. The molecule has 0 radical (unpaired) electrons. The van der Waals surface area contributed by atoms with E-state index in [2.05, 4.69) is 5.32 Å². The Morgan fingerprint density at radius 3 is 2.10 bits per heavy atom. The van der Waals surface area contributed by atoms with Crippen molar-refractivity contribution >= 4 is 11.9 Å². The fraction of sp³-hybridized carbons (Fsp3) is 0.333. The third-order valence-electron chi connectivity index (χ3n) is 1.94. The number of benzene rings is 1. The number of aliphatic carboxylic acids is 1. The van der Waals surface area contributed by atoms with E-state index in [0.29, 0.717) is 18.7 Å². The highest BCUT2D eigenvalue weighted by Crippen LogP contribution is 2.13. The summed E-state index contributed by atoms with van der Waals surface area (Å²) in [6.07, 6.45) is -4.27. The van der Waals surface area contributed by atoms with Crippen molar-refractivity contribution < 1.29 is 27.9 Å². The van der Waals surface area contributed by atoms with Gasteiger partial charge in [0.2, 0.25) is 0 Å². The van der Waals surface area contributed by atoms with Gasteiger partial charge >= 0.3 is 12.1 Å². The fourth-order valence-electron chi connectivity index (χ4n) is 0.996. The molecule has 0 atom stereocenters. The van der Waals surface area contributed by atoms with Crippen molar-refractivity contribution in [3.8, 4) is 0 Å². The average molecular weight is 292 g/mol. The number of hydrogen-bond acceptors (Lipinski definition) is 3. The molecule has 20 heavy (non-hydrogen) atoms. The minimum atomic E-state index is -5.08. The van der Waals surface area contributed by atoms with Crippen LogP contribution < -0.4 is 11.1 Å². The first-order valence-corrected chi connectivity index (χ1v) is 5.62. The van der Waals surface area contributed by atoms with Crippen LogP contribution in [0, 0.1) is 0 Å². The highest BCUT2D eigenvalue weighted by Gasteiger charge is 2.38. The van der Waals surface area contributed by atoms with E-state index in [1.54, 1.807) is 12.1 Å². The Bertz CT molecular complexity index is 422. The topological polar surface area (TPSA) is 92.4 Å². The van der Waals surface area contributed by atoms with Gasteiger partial charge in [0.1, 0.15) is 0 Å². The van der Waals surface area contributed by atoms with Crippen LogP contribution in [0.5, 0.6) is 0 Å². The molecule has 0 aromatic heterocycles. The van der Waals surface area contributed by atoms with Gasteiger partial charge in [-0.05, 0) is 25.1 Å². The molecule has 1 rings (SSSR count). The number of amides is 1. The first-order chi connectivity index (χ1) is 9.29. The van der Waals surface area contributed by atoms with Crippen LogP contribution in [0.3, 0.4) is 0 Å². The summed E-state index contributed by atoms with van der Waals surface area (Å²) < 4.78 is 31.7. The molecule has 0 bridgehead atoms. The maximum Gasteiger partial charge on any atom is 0.490 e. The van der Waals surface area contributed by atoms with E-state index in [1.807, 2.05) is 18.2 Å². The van der Waals surface area contributed by atoms with E-state index in [9.17, 15) is 18.0 Å². The summed E-state index contributed by atoms with van der Waals surface area (Å²) >= 11 is 0. The van der Waals surface area contributed by atoms with Gasteiger partial charge in [-0.2, -0.15) is 13.2 Å². The number of nitrogens with two attached hydrogens (primary N) is 1. The van der Waals surface area contributed by atoms with Gasteiger partial charge in [0.25, 0.3) is 5.91 Å². The Morgan fingerprint density at radius 2 is 1.70 bits per heavy atom. The zero-order valence-electron chi connectivity index (χ0n) is 10.5. The number of carboxylic acids is 1. The third-order valence-corrected chi connectivity index (χ3v) is 1.94. The van der Waals surface area contributed by atoms with Crippen LogP contribution in [0.1, 0.15) is 16.8 Å². The lowest BCUT2D eigenvalue weighted by Crippen LogP contribution is -2.25. The van der Waals surface area contributed by atoms with Gasteiger partial charge in [-0.25, -0.2) is 4.79 Å². The maximum atomic E-state index is 11.4. The molecule has 0 aliphatic heterocycles. The quantitative estimate of drug-likeness (QED) is 0.731. The molecule has 0 aliphatic rings. The predicted octanol–water partition coefficient (Wildman–Crippen LogP) is 1.40. The molecule has 1 aromatic carbocycles. The molecular formula is C12H15F3N2O3. The van der Waals surface area contributed by atoms with Crippen LogP contribution in [0.2, 0.25) is 0 Å². The Kier molecular flexibility index (Phi) is 7.98. The van der Waals surface area contributed by atoms with Gasteiger partial charge < -0.3 is 16.2 Å². The van der Waals surface area contributed by atoms with Crippen molar-refractivity contribution in [2.45, 2.75) is 12.6 Å². The zero-order chi connectivity index (χ0) is 15.6. The smallest absolute Gasteiger partial charge is 0.475 e. The highest BCUT2D eigenvalue weighted by atomic mass is 19.4. The average Bonchev–Trinajstić information content (AvgIpc) is 2.39. The first-order valence-electron chi connectivity index (χ1n) is 5.62. The van der Waals surface area contributed by atoms with Crippen molar-refractivity contribution in [1.29, 1.82) is 0 Å². The minimum absolute atomic E-state index is 0.0333. The number of carbonyl (C=O) groups excluding carboxylic acids is 1. The van der Waals surface area contributed by atoms with Crippen molar-refractivity contribution in [3.05, 3.63) is 35.9 Å². The lowest BCUT2D eigenvalue weighted by Gasteiger charge is -2.02. The molecule has 5 nitrogen and oxygen atoms in total. The van der Waals surface area contributed by atoms with Crippen LogP contribution in [-0.4, -0.2) is 36.2 Å². The summed E-state index contributed by atoms with van der Waals surface area (Å²) in [7, 11) is 0. The lowest BCUT2D eigenvalue weighted by molar-refractivity contribution is -0.192. The second kappa shape index (κ2) is 8.92. The molecule has 0 aliphatic carbocycles. The number of hydrogen-bond donors (Lipinski definition) is 3. The monoisotopic (exact) mass is 292 g/mol. The summed E-state index contributed by atoms with van der Waals surface area (Å²) in [5.41, 5.74) is 6.00. The molecule has 0 fully saturated rings. The van der Waals surface area contributed by atoms with Gasteiger partial charge in [-0.15, -0.1) is 0 Å². The first kappa shape index (κ1) is 17.9. The Balaban J connectivity index is 0.000000441. The molecule has 0 saturated heterocycles. The molecular weight excluding hydrogens is 277 g/mol. The molecule has 4 N–H and O–H groups in total. The molecule has 0 heterocycles. The third kappa shape index (κ3) is 8.09. The van der Waals surface area contributed by atoms with Gasteiger partial charge in [-0.3, -0.25) is 4.79 Å². The number of alkyl halides is 3. The molecule has 0 unspecified atom stereocenters. The van der Waals surface area contributed by atoms with Crippen LogP contribution in [0.4, 0.5) is 13.2 Å². The molecule has 112 valence electrons. The van der Waals surface area contributed by atoms with Crippen LogP contribution >= 0.6 is 0 Å². The van der Waals surface area contributed by atoms with Crippen LogP contribution in [0.25, 0.3) is 0 Å². The maximum absolute atomic E-state index is 11.4. The van der Waals surface area contributed by atoms with Gasteiger partial charge in [0.05, 0.1) is 0 Å². The Morgan fingerprint density at radius 1 is 1.20 bits per heavy atom.